The van der Waals surface area contributed by atoms with Crippen LogP contribution in [0.25, 0.3) is 0 Å². The molecule has 2 saturated heterocycles. The SMILES string of the molecule is O=C(N1CCC(N2CCNCC2)C1)C1(c2cccc(Br)c2)CC1. The first kappa shape index (κ1) is 15.6. The number of hydrogen-bond donors (Lipinski definition) is 1. The number of halogens is 1. The van der Waals surface area contributed by atoms with Crippen LogP contribution >= 0.6 is 15.9 Å². The lowest BCUT2D eigenvalue weighted by atomic mass is 9.94. The largest absolute Gasteiger partial charge is 0.340 e. The number of amides is 1. The Balaban J connectivity index is 1.45. The van der Waals surface area contributed by atoms with Crippen molar-refractivity contribution in [2.24, 2.45) is 0 Å². The Bertz CT molecular complexity index is 596. The molecule has 3 aliphatic rings. The molecule has 3 fully saturated rings. The second-order valence-electron chi connectivity index (χ2n) is 7.07. The highest BCUT2D eigenvalue weighted by atomic mass is 79.9. The third kappa shape index (κ3) is 2.94. The average molecular weight is 378 g/mol. The molecule has 5 heteroatoms. The van der Waals surface area contributed by atoms with Crippen molar-refractivity contribution < 1.29 is 4.79 Å². The van der Waals surface area contributed by atoms with E-state index >= 15 is 0 Å². The Hall–Kier alpha value is -0.910. The van der Waals surface area contributed by atoms with Gasteiger partial charge in [0.15, 0.2) is 0 Å². The van der Waals surface area contributed by atoms with E-state index in [-0.39, 0.29) is 5.41 Å². The molecular formula is C18H24BrN3O. The normalized spacial score (nSPS) is 27.2. The van der Waals surface area contributed by atoms with E-state index in [9.17, 15) is 4.79 Å². The lowest BCUT2D eigenvalue weighted by molar-refractivity contribution is -0.133. The van der Waals surface area contributed by atoms with Gasteiger partial charge in [-0.25, -0.2) is 0 Å². The molecule has 2 aliphatic heterocycles. The second kappa shape index (κ2) is 6.19. The Morgan fingerprint density at radius 2 is 2.00 bits per heavy atom. The first-order valence-electron chi connectivity index (χ1n) is 8.69. The molecule has 1 amide bonds. The summed E-state index contributed by atoms with van der Waals surface area (Å²) < 4.78 is 1.06. The molecule has 1 aromatic rings. The van der Waals surface area contributed by atoms with Crippen molar-refractivity contribution in [1.29, 1.82) is 0 Å². The second-order valence-corrected chi connectivity index (χ2v) is 7.99. The number of rotatable bonds is 3. The molecule has 1 N–H and O–H groups in total. The summed E-state index contributed by atoms with van der Waals surface area (Å²) in [5, 5.41) is 3.41. The Labute approximate surface area is 146 Å². The Kier molecular flexibility index (Phi) is 4.20. The quantitative estimate of drug-likeness (QED) is 0.874. The van der Waals surface area contributed by atoms with Crippen LogP contribution in [-0.4, -0.2) is 61.0 Å². The maximum atomic E-state index is 13.1. The van der Waals surface area contributed by atoms with Crippen LogP contribution in [0.4, 0.5) is 0 Å². The van der Waals surface area contributed by atoms with Crippen molar-refractivity contribution in [3.8, 4) is 0 Å². The number of likely N-dealkylation sites (tertiary alicyclic amines) is 1. The van der Waals surface area contributed by atoms with Gasteiger partial charge in [-0.3, -0.25) is 9.69 Å². The number of nitrogens with zero attached hydrogens (tertiary/aromatic N) is 2. The van der Waals surface area contributed by atoms with Gasteiger partial charge in [-0.2, -0.15) is 0 Å². The van der Waals surface area contributed by atoms with Crippen molar-refractivity contribution in [3.63, 3.8) is 0 Å². The number of hydrogen-bond acceptors (Lipinski definition) is 3. The molecule has 124 valence electrons. The van der Waals surface area contributed by atoms with Crippen LogP contribution in [0.3, 0.4) is 0 Å². The zero-order chi connectivity index (χ0) is 15.9. The summed E-state index contributed by atoms with van der Waals surface area (Å²) in [5.41, 5.74) is 0.949. The average Bonchev–Trinajstić information content (AvgIpc) is 3.25. The molecule has 23 heavy (non-hydrogen) atoms. The van der Waals surface area contributed by atoms with E-state index in [4.69, 9.17) is 0 Å². The van der Waals surface area contributed by atoms with Crippen LogP contribution in [0.5, 0.6) is 0 Å². The van der Waals surface area contributed by atoms with E-state index in [1.807, 2.05) is 12.1 Å². The summed E-state index contributed by atoms with van der Waals surface area (Å²) in [7, 11) is 0. The first-order chi connectivity index (χ1) is 11.2. The molecule has 0 spiro atoms. The number of nitrogens with one attached hydrogen (secondary N) is 1. The summed E-state index contributed by atoms with van der Waals surface area (Å²) >= 11 is 3.54. The van der Waals surface area contributed by atoms with Gasteiger partial charge in [0.2, 0.25) is 5.91 Å². The summed E-state index contributed by atoms with van der Waals surface area (Å²) in [6.45, 7) is 6.21. The van der Waals surface area contributed by atoms with Gasteiger partial charge in [-0.15, -0.1) is 0 Å². The zero-order valence-corrected chi connectivity index (χ0v) is 15.0. The number of benzene rings is 1. The molecule has 1 aromatic carbocycles. The van der Waals surface area contributed by atoms with Crippen LogP contribution in [-0.2, 0) is 10.2 Å². The van der Waals surface area contributed by atoms with Crippen molar-refractivity contribution in [3.05, 3.63) is 34.3 Å². The molecule has 0 bridgehead atoms. The molecule has 1 atom stereocenters. The standard InChI is InChI=1S/C18H24BrN3O/c19-15-3-1-2-14(12-15)18(5-6-18)17(23)22-9-4-16(13-22)21-10-7-20-8-11-21/h1-3,12,16,20H,4-11,13H2. The minimum Gasteiger partial charge on any atom is -0.340 e. The van der Waals surface area contributed by atoms with Crippen LogP contribution in [0.15, 0.2) is 28.7 Å². The van der Waals surface area contributed by atoms with Crippen molar-refractivity contribution in [2.75, 3.05) is 39.3 Å². The number of piperazine rings is 1. The summed E-state index contributed by atoms with van der Waals surface area (Å²) in [6, 6.07) is 8.86. The highest BCUT2D eigenvalue weighted by molar-refractivity contribution is 9.10. The minimum absolute atomic E-state index is 0.234. The van der Waals surface area contributed by atoms with Gasteiger partial charge >= 0.3 is 0 Å². The molecule has 0 radical (unpaired) electrons. The molecule has 0 aromatic heterocycles. The smallest absolute Gasteiger partial charge is 0.233 e. The summed E-state index contributed by atoms with van der Waals surface area (Å²) in [6.07, 6.45) is 3.12. The maximum Gasteiger partial charge on any atom is 0.233 e. The predicted molar refractivity (Wildman–Crippen MR) is 94.5 cm³/mol. The number of carbonyl (C=O) groups is 1. The van der Waals surface area contributed by atoms with Crippen LogP contribution in [0.2, 0.25) is 0 Å². The van der Waals surface area contributed by atoms with E-state index in [0.717, 1.165) is 63.0 Å². The van der Waals surface area contributed by atoms with Gasteiger partial charge in [0.05, 0.1) is 5.41 Å². The molecule has 1 unspecified atom stereocenters. The van der Waals surface area contributed by atoms with Crippen LogP contribution in [0.1, 0.15) is 24.8 Å². The number of carbonyl (C=O) groups excluding carboxylic acids is 1. The Morgan fingerprint density at radius 1 is 1.22 bits per heavy atom. The molecule has 1 aliphatic carbocycles. The summed E-state index contributed by atoms with van der Waals surface area (Å²) in [5.74, 6) is 0.355. The lowest BCUT2D eigenvalue weighted by Crippen LogP contribution is -2.49. The lowest BCUT2D eigenvalue weighted by Gasteiger charge is -2.33. The van der Waals surface area contributed by atoms with Gasteiger partial charge in [-0.05, 0) is 37.0 Å². The topological polar surface area (TPSA) is 35.6 Å². The predicted octanol–water partition coefficient (Wildman–Crippen LogP) is 1.99. The van der Waals surface area contributed by atoms with Gasteiger partial charge < -0.3 is 10.2 Å². The molecule has 4 rings (SSSR count). The van der Waals surface area contributed by atoms with Crippen molar-refractivity contribution >= 4 is 21.8 Å². The first-order valence-corrected chi connectivity index (χ1v) is 9.48. The van der Waals surface area contributed by atoms with E-state index in [0.29, 0.717) is 11.9 Å². The van der Waals surface area contributed by atoms with Gasteiger partial charge in [0.1, 0.15) is 0 Å². The van der Waals surface area contributed by atoms with Crippen molar-refractivity contribution in [1.82, 2.24) is 15.1 Å². The zero-order valence-electron chi connectivity index (χ0n) is 13.4. The van der Waals surface area contributed by atoms with Crippen LogP contribution in [0, 0.1) is 0 Å². The van der Waals surface area contributed by atoms with Crippen LogP contribution < -0.4 is 5.32 Å². The van der Waals surface area contributed by atoms with E-state index in [2.05, 4.69) is 43.2 Å². The van der Waals surface area contributed by atoms with E-state index < -0.39 is 0 Å². The molecule has 4 nitrogen and oxygen atoms in total. The van der Waals surface area contributed by atoms with E-state index in [1.54, 1.807) is 0 Å². The third-order valence-electron chi connectivity index (χ3n) is 5.66. The Morgan fingerprint density at radius 3 is 2.70 bits per heavy atom. The molecular weight excluding hydrogens is 354 g/mol. The third-order valence-corrected chi connectivity index (χ3v) is 6.15. The van der Waals surface area contributed by atoms with Gasteiger partial charge in [-0.1, -0.05) is 28.1 Å². The van der Waals surface area contributed by atoms with E-state index in [1.165, 1.54) is 5.56 Å². The van der Waals surface area contributed by atoms with Gasteiger partial charge in [0.25, 0.3) is 0 Å². The molecule has 2 heterocycles. The fourth-order valence-corrected chi connectivity index (χ4v) is 4.51. The highest BCUT2D eigenvalue weighted by Crippen LogP contribution is 2.50. The minimum atomic E-state index is -0.234. The van der Waals surface area contributed by atoms with Crippen molar-refractivity contribution in [2.45, 2.75) is 30.7 Å². The maximum absolute atomic E-state index is 13.1. The fourth-order valence-electron chi connectivity index (χ4n) is 4.11. The van der Waals surface area contributed by atoms with Gasteiger partial charge in [0, 0.05) is 49.8 Å². The highest BCUT2D eigenvalue weighted by Gasteiger charge is 2.53. The monoisotopic (exact) mass is 377 g/mol. The molecule has 1 saturated carbocycles. The summed E-state index contributed by atoms with van der Waals surface area (Å²) in [4.78, 5) is 17.8. The fraction of sp³-hybridized carbons (Fsp3) is 0.611.